The zero-order valence-corrected chi connectivity index (χ0v) is 15.3. The first-order valence-corrected chi connectivity index (χ1v) is 9.13. The summed E-state index contributed by atoms with van der Waals surface area (Å²) in [6.07, 6.45) is 1.62. The van der Waals surface area contributed by atoms with E-state index in [4.69, 9.17) is 4.98 Å². The number of anilines is 1. The summed E-state index contributed by atoms with van der Waals surface area (Å²) in [6, 6.07) is 17.3. The Morgan fingerprint density at radius 3 is 2.50 bits per heavy atom. The van der Waals surface area contributed by atoms with Crippen molar-refractivity contribution in [3.63, 3.8) is 0 Å². The first-order valence-electron chi connectivity index (χ1n) is 8.32. The Kier molecular flexibility index (Phi) is 4.22. The first kappa shape index (κ1) is 16.4. The van der Waals surface area contributed by atoms with Crippen LogP contribution < -0.4 is 5.32 Å². The number of benzene rings is 2. The number of aromatic nitrogens is 2. The minimum Gasteiger partial charge on any atom is -0.320 e. The molecule has 4 aromatic rings. The van der Waals surface area contributed by atoms with E-state index < -0.39 is 0 Å². The highest BCUT2D eigenvalue weighted by atomic mass is 32.1. The minimum atomic E-state index is -0.223. The maximum absolute atomic E-state index is 12.6. The zero-order chi connectivity index (χ0) is 18.1. The summed E-state index contributed by atoms with van der Waals surface area (Å²) in [5.74, 6) is -0.223. The number of hydrogen-bond donors (Lipinski definition) is 1. The van der Waals surface area contributed by atoms with Crippen molar-refractivity contribution in [2.45, 2.75) is 13.8 Å². The van der Waals surface area contributed by atoms with E-state index in [0.29, 0.717) is 5.69 Å². The number of carbonyl (C=O) groups excluding carboxylic acids is 1. The second kappa shape index (κ2) is 6.69. The molecule has 0 fully saturated rings. The molecule has 26 heavy (non-hydrogen) atoms. The second-order valence-electron chi connectivity index (χ2n) is 6.04. The second-order valence-corrected chi connectivity index (χ2v) is 7.24. The molecule has 0 saturated heterocycles. The van der Waals surface area contributed by atoms with Gasteiger partial charge in [0.25, 0.3) is 5.91 Å². The molecule has 0 radical (unpaired) electrons. The number of thiazole rings is 1. The molecule has 2 aromatic carbocycles. The fraction of sp³-hybridized carbons (Fsp3) is 0.0952. The van der Waals surface area contributed by atoms with Gasteiger partial charge in [0, 0.05) is 27.7 Å². The SMILES string of the molecule is Cc1nc(-c2cccc3cccc(NC(=O)c4ccccn4)c23)sc1C. The molecule has 0 bridgehead atoms. The smallest absolute Gasteiger partial charge is 0.274 e. The summed E-state index contributed by atoms with van der Waals surface area (Å²) in [5, 5.41) is 6.03. The van der Waals surface area contributed by atoms with Gasteiger partial charge < -0.3 is 5.32 Å². The number of carbonyl (C=O) groups is 1. The van der Waals surface area contributed by atoms with Crippen LogP contribution >= 0.6 is 11.3 Å². The summed E-state index contributed by atoms with van der Waals surface area (Å²) < 4.78 is 0. The monoisotopic (exact) mass is 359 g/mol. The van der Waals surface area contributed by atoms with E-state index >= 15 is 0 Å². The highest BCUT2D eigenvalue weighted by Gasteiger charge is 2.15. The highest BCUT2D eigenvalue weighted by molar-refractivity contribution is 7.15. The Hall–Kier alpha value is -3.05. The van der Waals surface area contributed by atoms with Gasteiger partial charge in [-0.2, -0.15) is 0 Å². The van der Waals surface area contributed by atoms with Crippen molar-refractivity contribution in [3.05, 3.63) is 77.1 Å². The van der Waals surface area contributed by atoms with Gasteiger partial charge in [0.2, 0.25) is 0 Å². The molecule has 0 saturated carbocycles. The van der Waals surface area contributed by atoms with Gasteiger partial charge in [0.15, 0.2) is 0 Å². The fourth-order valence-corrected chi connectivity index (χ4v) is 3.84. The summed E-state index contributed by atoms with van der Waals surface area (Å²) in [5.41, 5.74) is 3.22. The van der Waals surface area contributed by atoms with E-state index in [9.17, 15) is 4.79 Å². The molecule has 4 nitrogen and oxygen atoms in total. The number of pyridine rings is 1. The van der Waals surface area contributed by atoms with Crippen LogP contribution in [0.2, 0.25) is 0 Å². The maximum Gasteiger partial charge on any atom is 0.274 e. The van der Waals surface area contributed by atoms with E-state index in [-0.39, 0.29) is 5.91 Å². The molecule has 2 aromatic heterocycles. The molecular formula is C21H17N3OS. The van der Waals surface area contributed by atoms with Crippen LogP contribution in [0.15, 0.2) is 60.8 Å². The van der Waals surface area contributed by atoms with Crippen molar-refractivity contribution < 1.29 is 4.79 Å². The van der Waals surface area contributed by atoms with Crippen molar-refractivity contribution in [1.82, 2.24) is 9.97 Å². The van der Waals surface area contributed by atoms with Crippen LogP contribution in [0.4, 0.5) is 5.69 Å². The van der Waals surface area contributed by atoms with Gasteiger partial charge in [-0.05, 0) is 37.4 Å². The van der Waals surface area contributed by atoms with Crippen molar-refractivity contribution >= 4 is 33.7 Å². The first-order chi connectivity index (χ1) is 12.6. The molecular weight excluding hydrogens is 342 g/mol. The molecule has 4 rings (SSSR count). The molecule has 0 atom stereocenters. The van der Waals surface area contributed by atoms with Gasteiger partial charge in [-0.15, -0.1) is 11.3 Å². The van der Waals surface area contributed by atoms with E-state index in [1.54, 1.807) is 35.7 Å². The van der Waals surface area contributed by atoms with E-state index in [1.165, 1.54) is 4.88 Å². The average molecular weight is 359 g/mol. The van der Waals surface area contributed by atoms with Crippen LogP contribution in [-0.4, -0.2) is 15.9 Å². The number of hydrogen-bond acceptors (Lipinski definition) is 4. The molecule has 0 aliphatic rings. The van der Waals surface area contributed by atoms with E-state index in [2.05, 4.69) is 23.3 Å². The largest absolute Gasteiger partial charge is 0.320 e. The Morgan fingerprint density at radius 1 is 1.00 bits per heavy atom. The van der Waals surface area contributed by atoms with Crippen LogP contribution in [0.25, 0.3) is 21.3 Å². The maximum atomic E-state index is 12.6. The van der Waals surface area contributed by atoms with E-state index in [1.807, 2.05) is 37.3 Å². The van der Waals surface area contributed by atoms with Gasteiger partial charge in [-0.1, -0.05) is 36.4 Å². The molecule has 2 heterocycles. The van der Waals surface area contributed by atoms with Crippen LogP contribution in [0.3, 0.4) is 0 Å². The summed E-state index contributed by atoms with van der Waals surface area (Å²) in [6.45, 7) is 4.09. The lowest BCUT2D eigenvalue weighted by Gasteiger charge is -2.11. The van der Waals surface area contributed by atoms with Crippen molar-refractivity contribution in [2.75, 3.05) is 5.32 Å². The summed E-state index contributed by atoms with van der Waals surface area (Å²) in [7, 11) is 0. The Balaban J connectivity index is 1.84. The van der Waals surface area contributed by atoms with Gasteiger partial charge >= 0.3 is 0 Å². The third kappa shape index (κ3) is 2.97. The fourth-order valence-electron chi connectivity index (χ4n) is 2.89. The standard InChI is InChI=1S/C21H17N3OS/c1-13-14(2)26-21(23-13)16-9-5-7-15-8-6-11-17(19(15)16)24-20(25)18-10-3-4-12-22-18/h3-12H,1-2H3,(H,24,25). The molecule has 0 spiro atoms. The van der Waals surface area contributed by atoms with Gasteiger partial charge in [-0.3, -0.25) is 9.78 Å². The lowest BCUT2D eigenvalue weighted by atomic mass is 10.0. The number of rotatable bonds is 3. The average Bonchev–Trinajstić information content (AvgIpc) is 3.01. The third-order valence-corrected chi connectivity index (χ3v) is 5.42. The van der Waals surface area contributed by atoms with Crippen LogP contribution in [0.5, 0.6) is 0 Å². The summed E-state index contributed by atoms with van der Waals surface area (Å²) >= 11 is 1.67. The van der Waals surface area contributed by atoms with Gasteiger partial charge in [0.1, 0.15) is 10.7 Å². The molecule has 0 unspecified atom stereocenters. The minimum absolute atomic E-state index is 0.223. The predicted octanol–water partition coefficient (Wildman–Crippen LogP) is 5.23. The van der Waals surface area contributed by atoms with Gasteiger partial charge in [-0.25, -0.2) is 4.98 Å². The predicted molar refractivity (Wildman–Crippen MR) is 107 cm³/mol. The zero-order valence-electron chi connectivity index (χ0n) is 14.5. The van der Waals surface area contributed by atoms with Crippen molar-refractivity contribution in [1.29, 1.82) is 0 Å². The quantitative estimate of drug-likeness (QED) is 0.545. The van der Waals surface area contributed by atoms with E-state index in [0.717, 1.165) is 32.7 Å². The molecule has 1 N–H and O–H groups in total. The normalized spacial score (nSPS) is 10.8. The topological polar surface area (TPSA) is 54.9 Å². The molecule has 1 amide bonds. The number of aryl methyl sites for hydroxylation is 2. The number of fused-ring (bicyclic) bond motifs is 1. The van der Waals surface area contributed by atoms with Crippen LogP contribution in [-0.2, 0) is 0 Å². The Morgan fingerprint density at radius 2 is 1.81 bits per heavy atom. The Bertz CT molecular complexity index is 1080. The Labute approximate surface area is 155 Å². The molecule has 5 heteroatoms. The third-order valence-electron chi connectivity index (χ3n) is 4.31. The molecule has 128 valence electrons. The number of nitrogens with zero attached hydrogens (tertiary/aromatic N) is 2. The lowest BCUT2D eigenvalue weighted by Crippen LogP contribution is -2.13. The van der Waals surface area contributed by atoms with Crippen molar-refractivity contribution in [2.24, 2.45) is 0 Å². The lowest BCUT2D eigenvalue weighted by molar-refractivity contribution is 0.102. The molecule has 0 aliphatic heterocycles. The van der Waals surface area contributed by atoms with Gasteiger partial charge in [0.05, 0.1) is 5.69 Å². The van der Waals surface area contributed by atoms with Crippen molar-refractivity contribution in [3.8, 4) is 10.6 Å². The van der Waals surface area contributed by atoms with Crippen LogP contribution in [0.1, 0.15) is 21.1 Å². The molecule has 0 aliphatic carbocycles. The highest BCUT2D eigenvalue weighted by Crippen LogP contribution is 2.36. The van der Waals surface area contributed by atoms with Crippen LogP contribution in [0, 0.1) is 13.8 Å². The summed E-state index contributed by atoms with van der Waals surface area (Å²) in [4.78, 5) is 22.6. The number of amides is 1. The number of nitrogens with one attached hydrogen (secondary N) is 1.